The first kappa shape index (κ1) is 16.7. The molecule has 1 aromatic heterocycles. The van der Waals surface area contributed by atoms with E-state index in [2.05, 4.69) is 25.4 Å². The summed E-state index contributed by atoms with van der Waals surface area (Å²) in [5, 5.41) is 6.08. The monoisotopic (exact) mass is 357 g/mol. The van der Waals surface area contributed by atoms with Crippen LogP contribution in [0.4, 0.5) is 33.2 Å². The van der Waals surface area contributed by atoms with Crippen LogP contribution in [0.15, 0.2) is 54.2 Å². The molecule has 27 heavy (non-hydrogen) atoms. The van der Waals surface area contributed by atoms with Gasteiger partial charge >= 0.3 is 0 Å². The molecule has 2 N–H and O–H groups in total. The quantitative estimate of drug-likeness (QED) is 0.596. The van der Waals surface area contributed by atoms with Crippen LogP contribution in [-0.2, 0) is 6.42 Å². The Morgan fingerprint density at radius 3 is 2.89 bits per heavy atom. The number of hydrogen-bond donors (Lipinski definition) is 2. The number of fused-ring (bicyclic) bond motifs is 1. The van der Waals surface area contributed by atoms with Gasteiger partial charge in [0.15, 0.2) is 11.5 Å². The van der Waals surface area contributed by atoms with Crippen molar-refractivity contribution in [3.63, 3.8) is 0 Å². The van der Waals surface area contributed by atoms with Crippen molar-refractivity contribution in [3.8, 4) is 0 Å². The minimum atomic E-state index is -0.276. The zero-order chi connectivity index (χ0) is 18.8. The first-order valence-corrected chi connectivity index (χ1v) is 8.45. The summed E-state index contributed by atoms with van der Waals surface area (Å²) in [7, 11) is 0. The Kier molecular flexibility index (Phi) is 4.27. The summed E-state index contributed by atoms with van der Waals surface area (Å²) < 4.78 is 14.8. The average molecular weight is 357 g/mol. The van der Waals surface area contributed by atoms with Crippen LogP contribution in [0.1, 0.15) is 18.1 Å². The average Bonchev–Trinajstić information content (AvgIpc) is 3.06. The molecule has 3 aromatic rings. The Bertz CT molecular complexity index is 1100. The zero-order valence-electron chi connectivity index (χ0n) is 14.6. The van der Waals surface area contributed by atoms with E-state index in [0.29, 0.717) is 34.4 Å². The summed E-state index contributed by atoms with van der Waals surface area (Å²) in [5.74, 6) is 0.563. The summed E-state index contributed by atoms with van der Waals surface area (Å²) in [6.07, 6.45) is 4.26. The minimum Gasteiger partial charge on any atom is -0.338 e. The van der Waals surface area contributed by atoms with Gasteiger partial charge < -0.3 is 10.6 Å². The highest BCUT2D eigenvalue weighted by molar-refractivity contribution is 5.71. The number of hydrogen-bond acceptors (Lipinski definition) is 4. The van der Waals surface area contributed by atoms with Crippen molar-refractivity contribution in [2.45, 2.75) is 13.3 Å². The van der Waals surface area contributed by atoms with Gasteiger partial charge in [-0.05, 0) is 43.2 Å². The number of benzene rings is 2. The van der Waals surface area contributed by atoms with E-state index < -0.39 is 0 Å². The van der Waals surface area contributed by atoms with E-state index in [-0.39, 0.29) is 5.82 Å². The van der Waals surface area contributed by atoms with Crippen molar-refractivity contribution in [1.29, 1.82) is 0 Å². The lowest BCUT2D eigenvalue weighted by Gasteiger charge is -2.11. The number of nitrogens with one attached hydrogen (secondary N) is 2. The van der Waals surface area contributed by atoms with Gasteiger partial charge in [-0.2, -0.15) is 4.98 Å². The van der Waals surface area contributed by atoms with Crippen LogP contribution in [0.25, 0.3) is 10.9 Å². The second kappa shape index (κ2) is 6.89. The summed E-state index contributed by atoms with van der Waals surface area (Å²) in [6.45, 7) is 9.08. The molecule has 4 rings (SSSR count). The lowest BCUT2D eigenvalue weighted by Crippen LogP contribution is -2.02. The number of halogens is 1. The Morgan fingerprint density at radius 2 is 2.04 bits per heavy atom. The van der Waals surface area contributed by atoms with Crippen LogP contribution in [0.5, 0.6) is 0 Å². The first-order valence-electron chi connectivity index (χ1n) is 8.45. The van der Waals surface area contributed by atoms with Crippen molar-refractivity contribution >= 4 is 34.9 Å². The minimum absolute atomic E-state index is 0.276. The van der Waals surface area contributed by atoms with Crippen LogP contribution in [0.2, 0.25) is 0 Å². The summed E-state index contributed by atoms with van der Waals surface area (Å²) in [4.78, 5) is 12.0. The number of rotatable bonds is 4. The van der Waals surface area contributed by atoms with E-state index >= 15 is 0 Å². The lowest BCUT2D eigenvalue weighted by molar-refractivity contribution is 0.628. The highest BCUT2D eigenvalue weighted by Gasteiger charge is 2.17. The maximum absolute atomic E-state index is 14.8. The molecule has 1 aliphatic rings. The van der Waals surface area contributed by atoms with Crippen molar-refractivity contribution < 1.29 is 4.39 Å². The van der Waals surface area contributed by atoms with Crippen LogP contribution in [0, 0.1) is 12.4 Å². The fraction of sp³-hybridized carbons (Fsp3) is 0.0952. The van der Waals surface area contributed by atoms with Gasteiger partial charge in [-0.15, -0.1) is 0 Å². The van der Waals surface area contributed by atoms with Gasteiger partial charge in [0.2, 0.25) is 5.95 Å². The largest absolute Gasteiger partial charge is 0.338 e. The highest BCUT2D eigenvalue weighted by Crippen LogP contribution is 2.32. The first-order chi connectivity index (χ1) is 13.1. The molecule has 0 unspecified atom stereocenters. The smallest absolute Gasteiger partial charge is 0.229 e. The van der Waals surface area contributed by atoms with Gasteiger partial charge in [0.1, 0.15) is 5.82 Å². The summed E-state index contributed by atoms with van der Waals surface area (Å²) in [6, 6.07) is 12.4. The van der Waals surface area contributed by atoms with Gasteiger partial charge in [0.05, 0.1) is 12.3 Å². The molecule has 0 fully saturated rings. The van der Waals surface area contributed by atoms with Gasteiger partial charge in [-0.3, -0.25) is 0 Å². The molecule has 1 aliphatic carbocycles. The summed E-state index contributed by atoms with van der Waals surface area (Å²) >= 11 is 0. The molecule has 0 spiro atoms. The molecule has 0 aliphatic heterocycles. The summed E-state index contributed by atoms with van der Waals surface area (Å²) in [5.41, 5.74) is 4.40. The molecule has 5 nitrogen and oxygen atoms in total. The molecule has 0 radical (unpaired) electrons. The Labute approximate surface area is 156 Å². The maximum Gasteiger partial charge on any atom is 0.229 e. The predicted molar refractivity (Wildman–Crippen MR) is 105 cm³/mol. The van der Waals surface area contributed by atoms with Crippen LogP contribution >= 0.6 is 0 Å². The third-order valence-corrected chi connectivity index (χ3v) is 4.28. The molecule has 0 atom stereocenters. The van der Waals surface area contributed by atoms with E-state index in [0.717, 1.165) is 17.6 Å². The molecular weight excluding hydrogens is 341 g/mol. The van der Waals surface area contributed by atoms with Crippen LogP contribution in [-0.4, -0.2) is 9.97 Å². The van der Waals surface area contributed by atoms with E-state index in [4.69, 9.17) is 6.57 Å². The molecule has 6 heteroatoms. The van der Waals surface area contributed by atoms with Gasteiger partial charge in [0, 0.05) is 17.4 Å². The van der Waals surface area contributed by atoms with Gasteiger partial charge in [-0.1, -0.05) is 29.8 Å². The number of anilines is 4. The standard InChI is InChI=1S/C21H16FN5/c1-13-10-14-6-7-18(20(22)17(14)11-13)26-19-8-9-24-21(27-19)25-16-5-3-4-15(12-16)23-2/h3-9,11-12H,10H2,1H3,(H2,24,25,26,27). The van der Waals surface area contributed by atoms with Crippen LogP contribution in [0.3, 0.4) is 0 Å². The van der Waals surface area contributed by atoms with E-state index in [1.165, 1.54) is 0 Å². The van der Waals surface area contributed by atoms with Gasteiger partial charge in [-0.25, -0.2) is 14.2 Å². The molecule has 1 heterocycles. The lowest BCUT2D eigenvalue weighted by atomic mass is 10.1. The molecule has 0 saturated heterocycles. The van der Waals surface area contributed by atoms with Gasteiger partial charge in [0.25, 0.3) is 0 Å². The second-order valence-electron chi connectivity index (χ2n) is 6.34. The molecule has 0 amide bonds. The number of aromatic nitrogens is 2. The van der Waals surface area contributed by atoms with Crippen molar-refractivity contribution in [1.82, 2.24) is 9.97 Å². The highest BCUT2D eigenvalue weighted by atomic mass is 19.1. The SMILES string of the molecule is [C-]#[N+]c1cccc(Nc2nccc(Nc3ccc4c(c3F)C=C(C)C4)n2)c1. The zero-order valence-corrected chi connectivity index (χ0v) is 14.6. The Balaban J connectivity index is 1.57. The molecular formula is C21H16FN5. The van der Waals surface area contributed by atoms with Crippen molar-refractivity contribution in [2.24, 2.45) is 0 Å². The third kappa shape index (κ3) is 3.48. The van der Waals surface area contributed by atoms with Crippen LogP contribution < -0.4 is 10.6 Å². The Morgan fingerprint density at radius 1 is 1.15 bits per heavy atom. The Hall–Kier alpha value is -3.72. The van der Waals surface area contributed by atoms with Crippen molar-refractivity contribution in [3.05, 3.63) is 82.6 Å². The number of allylic oxidation sites excluding steroid dienone is 1. The molecule has 0 saturated carbocycles. The fourth-order valence-corrected chi connectivity index (χ4v) is 3.05. The number of nitrogens with zero attached hydrogens (tertiary/aromatic N) is 3. The molecule has 132 valence electrons. The molecule has 0 bridgehead atoms. The van der Waals surface area contributed by atoms with E-state index in [9.17, 15) is 4.39 Å². The van der Waals surface area contributed by atoms with Crippen molar-refractivity contribution in [2.75, 3.05) is 10.6 Å². The predicted octanol–water partition coefficient (Wildman–Crippen LogP) is 5.61. The second-order valence-corrected chi connectivity index (χ2v) is 6.34. The normalized spacial score (nSPS) is 12.1. The van der Waals surface area contributed by atoms with E-state index in [1.807, 2.05) is 25.1 Å². The third-order valence-electron chi connectivity index (χ3n) is 4.28. The topological polar surface area (TPSA) is 54.2 Å². The van der Waals surface area contributed by atoms with E-state index in [1.54, 1.807) is 36.5 Å². The maximum atomic E-state index is 14.8. The molecule has 2 aromatic carbocycles. The fourth-order valence-electron chi connectivity index (χ4n) is 3.05.